The van der Waals surface area contributed by atoms with Crippen LogP contribution in [-0.2, 0) is 15.8 Å². The molecule has 0 bridgehead atoms. The first-order chi connectivity index (χ1) is 18.1. The van der Waals surface area contributed by atoms with Gasteiger partial charge in [0.2, 0.25) is 0 Å². The van der Waals surface area contributed by atoms with Crippen molar-refractivity contribution in [2.45, 2.75) is 79.9 Å². The third kappa shape index (κ3) is 9.22. The zero-order valence-electron chi connectivity index (χ0n) is 23.3. The van der Waals surface area contributed by atoms with Gasteiger partial charge in [-0.05, 0) is 57.6 Å². The molecular weight excluding hydrogens is 518 g/mol. The first-order valence-corrected chi connectivity index (χ1v) is 12.6. The average Bonchev–Trinajstić information content (AvgIpc) is 2.87. The van der Waals surface area contributed by atoms with Gasteiger partial charge in [0.15, 0.2) is 5.83 Å². The number of anilines is 1. The molecule has 0 saturated heterocycles. The maximum absolute atomic E-state index is 15.2. The molecule has 2 unspecified atom stereocenters. The van der Waals surface area contributed by atoms with E-state index in [0.717, 1.165) is 0 Å². The maximum Gasteiger partial charge on any atom is 0.420 e. The smallest absolute Gasteiger partial charge is 0.420 e. The van der Waals surface area contributed by atoms with Crippen molar-refractivity contribution in [1.29, 1.82) is 0 Å². The van der Waals surface area contributed by atoms with Crippen LogP contribution in [0.15, 0.2) is 51.7 Å². The third-order valence-corrected chi connectivity index (χ3v) is 6.23. The number of aromatic hydroxyl groups is 1. The van der Waals surface area contributed by atoms with Crippen molar-refractivity contribution in [3.8, 4) is 5.75 Å². The molecule has 0 aliphatic heterocycles. The number of nitrogens with zero attached hydrogens (tertiary/aromatic N) is 2. The first kappa shape index (κ1) is 33.3. The van der Waals surface area contributed by atoms with Gasteiger partial charge in [0.05, 0.1) is 23.5 Å². The highest BCUT2D eigenvalue weighted by Crippen LogP contribution is 2.36. The Labute approximate surface area is 226 Å². The van der Waals surface area contributed by atoms with Crippen LogP contribution in [0.5, 0.6) is 5.75 Å². The zero-order valence-corrected chi connectivity index (χ0v) is 23.3. The number of hydrogen-bond donors (Lipinski definition) is 4. The van der Waals surface area contributed by atoms with Crippen LogP contribution in [0.3, 0.4) is 0 Å². The van der Waals surface area contributed by atoms with Gasteiger partial charge in [-0.15, -0.1) is 0 Å². The summed E-state index contributed by atoms with van der Waals surface area (Å²) in [5, 5.41) is 14.4. The number of carbonyl (C=O) groups excluding carboxylic acids is 2. The molecule has 2 atom stereocenters. The molecule has 0 fully saturated rings. The lowest BCUT2D eigenvalue weighted by atomic mass is 9.94. The lowest BCUT2D eigenvalue weighted by Crippen LogP contribution is -2.40. The normalized spacial score (nSPS) is 15.7. The molecule has 1 aromatic heterocycles. The van der Waals surface area contributed by atoms with Crippen LogP contribution in [0.2, 0.25) is 0 Å². The third-order valence-electron chi connectivity index (χ3n) is 6.23. The van der Waals surface area contributed by atoms with E-state index in [2.05, 4.69) is 20.6 Å². The molecule has 0 radical (unpaired) electrons. The van der Waals surface area contributed by atoms with Crippen LogP contribution in [0, 0.1) is 5.92 Å². The van der Waals surface area contributed by atoms with Gasteiger partial charge in [0.25, 0.3) is 11.8 Å². The molecule has 0 aromatic carbocycles. The van der Waals surface area contributed by atoms with Crippen molar-refractivity contribution in [3.05, 3.63) is 52.3 Å². The summed E-state index contributed by atoms with van der Waals surface area (Å²) < 4.78 is 54.2. The van der Waals surface area contributed by atoms with Crippen LogP contribution in [0.25, 0.3) is 0 Å². The van der Waals surface area contributed by atoms with Crippen LogP contribution < -0.4 is 16.4 Å². The first-order valence-electron chi connectivity index (χ1n) is 12.6. The highest BCUT2D eigenvalue weighted by atomic mass is 19.4. The molecule has 2 amide bonds. The van der Waals surface area contributed by atoms with Crippen molar-refractivity contribution in [1.82, 2.24) is 10.3 Å². The second kappa shape index (κ2) is 14.5. The molecule has 216 valence electrons. The topological polar surface area (TPSA) is 130 Å². The number of carbonyl (C=O) groups is 2. The van der Waals surface area contributed by atoms with E-state index >= 15 is 4.39 Å². The van der Waals surface area contributed by atoms with Gasteiger partial charge in [-0.3, -0.25) is 14.6 Å². The predicted octanol–water partition coefficient (Wildman–Crippen LogP) is 5.92. The minimum atomic E-state index is -4.83. The summed E-state index contributed by atoms with van der Waals surface area (Å²) in [6.07, 6.45) is -1.62. The van der Waals surface area contributed by atoms with Gasteiger partial charge in [0.1, 0.15) is 17.1 Å². The van der Waals surface area contributed by atoms with E-state index in [1.54, 1.807) is 27.7 Å². The Hall–Kier alpha value is -3.70. The standard InChI is InChI=1S/C27H37F4N5O3/c1-8-14(4)22(23(28)24(32)15(5)9-2)26(39)35-17(7)19(10-3)33-12-16(6)25(38)36-21-11-18(27(29,30)31)20(37)13-34-21/h11-14,17,37H,8-10,32H2,1-7H3,(H,35,39)(H,34,36,38)/b16-12+,23-22-,24-15+,33-19?. The van der Waals surface area contributed by atoms with Crippen LogP contribution in [0.1, 0.15) is 73.3 Å². The van der Waals surface area contributed by atoms with E-state index < -0.39 is 52.9 Å². The number of pyridine rings is 1. The fourth-order valence-electron chi connectivity index (χ4n) is 3.33. The van der Waals surface area contributed by atoms with Crippen molar-refractivity contribution in [3.63, 3.8) is 0 Å². The Morgan fingerprint density at radius 3 is 2.28 bits per heavy atom. The van der Waals surface area contributed by atoms with Gasteiger partial charge in [-0.25, -0.2) is 9.37 Å². The summed E-state index contributed by atoms with van der Waals surface area (Å²) in [5.74, 6) is -4.02. The molecule has 1 rings (SSSR count). The molecule has 0 aliphatic carbocycles. The summed E-state index contributed by atoms with van der Waals surface area (Å²) in [4.78, 5) is 33.4. The molecule has 1 aromatic rings. The van der Waals surface area contributed by atoms with E-state index in [4.69, 9.17) is 5.73 Å². The SMILES string of the molecule is CCC(=N/C=C(\C)C(=O)Nc1cc(C(F)(F)F)c(O)cn1)C(C)NC(=O)/C(=C(F)/C(N)=C(/C)CC)C(C)CC. The number of rotatable bonds is 11. The fourth-order valence-corrected chi connectivity index (χ4v) is 3.33. The van der Waals surface area contributed by atoms with Crippen molar-refractivity contribution in [2.24, 2.45) is 16.6 Å². The number of aromatic nitrogens is 1. The quantitative estimate of drug-likeness (QED) is 0.117. The summed E-state index contributed by atoms with van der Waals surface area (Å²) in [6.45, 7) is 11.9. The predicted molar refractivity (Wildman–Crippen MR) is 143 cm³/mol. The number of nitrogens with one attached hydrogen (secondary N) is 2. The maximum atomic E-state index is 15.2. The monoisotopic (exact) mass is 555 g/mol. The van der Waals surface area contributed by atoms with Gasteiger partial charge in [-0.1, -0.05) is 27.7 Å². The summed E-state index contributed by atoms with van der Waals surface area (Å²) in [7, 11) is 0. The highest BCUT2D eigenvalue weighted by molar-refractivity contribution is 6.03. The number of hydrogen-bond acceptors (Lipinski definition) is 6. The van der Waals surface area contributed by atoms with E-state index in [1.165, 1.54) is 13.1 Å². The summed E-state index contributed by atoms with van der Waals surface area (Å²) >= 11 is 0. The highest BCUT2D eigenvalue weighted by Gasteiger charge is 2.34. The molecular formula is C27H37F4N5O3. The van der Waals surface area contributed by atoms with Crippen LogP contribution in [-0.4, -0.2) is 33.7 Å². The molecule has 0 saturated carbocycles. The molecule has 0 aliphatic rings. The van der Waals surface area contributed by atoms with Crippen LogP contribution >= 0.6 is 0 Å². The Morgan fingerprint density at radius 1 is 1.15 bits per heavy atom. The van der Waals surface area contributed by atoms with Crippen molar-refractivity contribution in [2.75, 3.05) is 5.32 Å². The Balaban J connectivity index is 3.15. The molecule has 12 heteroatoms. The number of halogens is 4. The number of amides is 2. The second-order valence-corrected chi connectivity index (χ2v) is 9.10. The van der Waals surface area contributed by atoms with Crippen molar-refractivity contribution >= 4 is 23.3 Å². The summed E-state index contributed by atoms with van der Waals surface area (Å²) in [5.41, 5.74) is 5.62. The average molecular weight is 556 g/mol. The van der Waals surface area contributed by atoms with E-state index in [9.17, 15) is 27.9 Å². The minimum absolute atomic E-state index is 0.0436. The lowest BCUT2D eigenvalue weighted by Gasteiger charge is -2.20. The fraction of sp³-hybridized carbons (Fsp3) is 0.481. The van der Waals surface area contributed by atoms with Crippen molar-refractivity contribution < 1.29 is 32.3 Å². The van der Waals surface area contributed by atoms with E-state index in [1.807, 2.05) is 13.8 Å². The molecule has 5 N–H and O–H groups in total. The van der Waals surface area contributed by atoms with Crippen LogP contribution in [0.4, 0.5) is 23.4 Å². The molecule has 39 heavy (non-hydrogen) atoms. The summed E-state index contributed by atoms with van der Waals surface area (Å²) in [6, 6.07) is -0.114. The Kier molecular flexibility index (Phi) is 12.4. The van der Waals surface area contributed by atoms with E-state index in [-0.39, 0.29) is 16.8 Å². The number of nitrogens with two attached hydrogens (primary N) is 1. The Bertz CT molecular complexity index is 1190. The van der Waals surface area contributed by atoms with Gasteiger partial charge >= 0.3 is 6.18 Å². The number of alkyl halides is 3. The lowest BCUT2D eigenvalue weighted by molar-refractivity contribution is -0.138. The molecule has 8 nitrogen and oxygen atoms in total. The van der Waals surface area contributed by atoms with E-state index in [0.29, 0.717) is 42.8 Å². The molecule has 0 spiro atoms. The zero-order chi connectivity index (χ0) is 30.1. The number of allylic oxidation sites excluding steroid dienone is 2. The molecule has 1 heterocycles. The Morgan fingerprint density at radius 2 is 1.77 bits per heavy atom. The number of aliphatic imine (C=N–C) groups is 1. The second-order valence-electron chi connectivity index (χ2n) is 9.10. The minimum Gasteiger partial charge on any atom is -0.506 e. The van der Waals surface area contributed by atoms with Gasteiger partial charge < -0.3 is 21.5 Å². The van der Waals surface area contributed by atoms with Gasteiger partial charge in [0, 0.05) is 17.5 Å². The largest absolute Gasteiger partial charge is 0.506 e. The van der Waals surface area contributed by atoms with Gasteiger partial charge in [-0.2, -0.15) is 13.2 Å².